The van der Waals surface area contributed by atoms with Gasteiger partial charge >= 0.3 is 5.97 Å². The Morgan fingerprint density at radius 1 is 1.50 bits per heavy atom. The van der Waals surface area contributed by atoms with Crippen molar-refractivity contribution < 1.29 is 14.3 Å². The average molecular weight is 198 g/mol. The lowest BCUT2D eigenvalue weighted by Crippen LogP contribution is -2.06. The highest BCUT2D eigenvalue weighted by Gasteiger charge is 2.20. The molecular weight excluding hydrogens is 180 g/mol. The molecule has 0 aromatic carbocycles. The van der Waals surface area contributed by atoms with Crippen LogP contribution < -0.4 is 0 Å². The van der Waals surface area contributed by atoms with Gasteiger partial charge in [0.25, 0.3) is 0 Å². The fourth-order valence-electron chi connectivity index (χ4n) is 1.17. The van der Waals surface area contributed by atoms with Gasteiger partial charge in [0, 0.05) is 5.57 Å². The van der Waals surface area contributed by atoms with Crippen molar-refractivity contribution in [3.8, 4) is 0 Å². The maximum absolute atomic E-state index is 11.0. The molecule has 1 fully saturated rings. The van der Waals surface area contributed by atoms with Crippen LogP contribution in [0.2, 0.25) is 0 Å². The molecule has 1 rings (SSSR count). The fourth-order valence-corrected chi connectivity index (χ4v) is 1.17. The first kappa shape index (κ1) is 11.2. The topological polar surface area (TPSA) is 38.8 Å². The van der Waals surface area contributed by atoms with Crippen molar-refractivity contribution in [2.75, 3.05) is 13.2 Å². The molecule has 0 amide bonds. The maximum atomic E-state index is 11.0. The van der Waals surface area contributed by atoms with Gasteiger partial charge in [0.05, 0.1) is 19.3 Å². The molecule has 0 radical (unpaired) electrons. The Morgan fingerprint density at radius 2 is 2.21 bits per heavy atom. The maximum Gasteiger partial charge on any atom is 0.333 e. The van der Waals surface area contributed by atoms with Gasteiger partial charge < -0.3 is 9.47 Å². The van der Waals surface area contributed by atoms with E-state index >= 15 is 0 Å². The quantitative estimate of drug-likeness (QED) is 0.272. The van der Waals surface area contributed by atoms with Gasteiger partial charge in [0.15, 0.2) is 0 Å². The molecule has 0 spiro atoms. The molecule has 1 heterocycles. The summed E-state index contributed by atoms with van der Waals surface area (Å²) in [5, 5.41) is 0. The minimum atomic E-state index is -0.282. The monoisotopic (exact) mass is 198 g/mol. The van der Waals surface area contributed by atoms with Crippen LogP contribution in [-0.2, 0) is 14.3 Å². The zero-order chi connectivity index (χ0) is 10.4. The van der Waals surface area contributed by atoms with Gasteiger partial charge in [-0.15, -0.1) is 0 Å². The van der Waals surface area contributed by atoms with Crippen molar-refractivity contribution in [3.05, 3.63) is 12.2 Å². The van der Waals surface area contributed by atoms with Crippen molar-refractivity contribution in [1.82, 2.24) is 0 Å². The minimum absolute atomic E-state index is 0.282. The van der Waals surface area contributed by atoms with Gasteiger partial charge in [-0.25, -0.2) is 4.79 Å². The number of ether oxygens (including phenoxy) is 2. The highest BCUT2D eigenvalue weighted by molar-refractivity contribution is 5.86. The number of unbranched alkanes of at least 4 members (excludes halogenated alkanes) is 2. The summed E-state index contributed by atoms with van der Waals surface area (Å²) in [4.78, 5) is 11.0. The summed E-state index contributed by atoms with van der Waals surface area (Å²) in [6, 6.07) is 0. The molecule has 1 aliphatic rings. The third kappa shape index (κ3) is 5.02. The van der Waals surface area contributed by atoms with Crippen molar-refractivity contribution in [2.24, 2.45) is 0 Å². The first-order chi connectivity index (χ1) is 6.70. The van der Waals surface area contributed by atoms with E-state index in [2.05, 4.69) is 6.58 Å². The minimum Gasteiger partial charge on any atom is -0.462 e. The van der Waals surface area contributed by atoms with Gasteiger partial charge in [-0.3, -0.25) is 0 Å². The van der Waals surface area contributed by atoms with E-state index < -0.39 is 0 Å². The van der Waals surface area contributed by atoms with Crippen LogP contribution >= 0.6 is 0 Å². The zero-order valence-corrected chi connectivity index (χ0v) is 8.75. The van der Waals surface area contributed by atoms with Crippen LogP contribution in [0.15, 0.2) is 12.2 Å². The number of esters is 1. The molecule has 3 nitrogen and oxygen atoms in total. The average Bonchev–Trinajstić information content (AvgIpc) is 2.94. The highest BCUT2D eigenvalue weighted by Crippen LogP contribution is 2.16. The Bertz CT molecular complexity index is 207. The van der Waals surface area contributed by atoms with Crippen LogP contribution in [0.4, 0.5) is 0 Å². The molecule has 1 unspecified atom stereocenters. The van der Waals surface area contributed by atoms with Gasteiger partial charge in [-0.05, 0) is 26.2 Å². The first-order valence-corrected chi connectivity index (χ1v) is 5.14. The first-order valence-electron chi connectivity index (χ1n) is 5.14. The predicted molar refractivity (Wildman–Crippen MR) is 54.0 cm³/mol. The molecule has 3 heteroatoms. The molecule has 0 saturated carbocycles. The normalized spacial score (nSPS) is 19.1. The third-order valence-corrected chi connectivity index (χ3v) is 2.15. The van der Waals surface area contributed by atoms with Crippen molar-refractivity contribution in [1.29, 1.82) is 0 Å². The molecule has 0 bridgehead atoms. The van der Waals surface area contributed by atoms with Gasteiger partial charge in [0.2, 0.25) is 0 Å². The van der Waals surface area contributed by atoms with Crippen LogP contribution in [0.5, 0.6) is 0 Å². The zero-order valence-electron chi connectivity index (χ0n) is 8.75. The van der Waals surface area contributed by atoms with Gasteiger partial charge in [0.1, 0.15) is 0 Å². The highest BCUT2D eigenvalue weighted by atomic mass is 16.6. The van der Waals surface area contributed by atoms with E-state index in [0.717, 1.165) is 32.3 Å². The lowest BCUT2D eigenvalue weighted by atomic mass is 10.1. The van der Waals surface area contributed by atoms with Crippen molar-refractivity contribution >= 4 is 5.97 Å². The second-order valence-electron chi connectivity index (χ2n) is 3.72. The number of epoxide rings is 1. The van der Waals surface area contributed by atoms with Crippen LogP contribution in [0, 0.1) is 0 Å². The molecule has 0 aromatic rings. The lowest BCUT2D eigenvalue weighted by molar-refractivity contribution is -0.139. The van der Waals surface area contributed by atoms with Gasteiger partial charge in [-0.1, -0.05) is 13.0 Å². The van der Waals surface area contributed by atoms with E-state index in [1.54, 1.807) is 6.92 Å². The van der Waals surface area contributed by atoms with E-state index in [0.29, 0.717) is 18.3 Å². The summed E-state index contributed by atoms with van der Waals surface area (Å²) in [6.45, 7) is 6.62. The van der Waals surface area contributed by atoms with Crippen LogP contribution in [0.3, 0.4) is 0 Å². The van der Waals surface area contributed by atoms with E-state index in [1.807, 2.05) is 0 Å². The Hall–Kier alpha value is -0.830. The van der Waals surface area contributed by atoms with Crippen molar-refractivity contribution in [3.63, 3.8) is 0 Å². The molecular formula is C11H18O3. The predicted octanol–water partition coefficient (Wildman–Crippen LogP) is 2.06. The molecule has 0 aliphatic carbocycles. The van der Waals surface area contributed by atoms with E-state index in [9.17, 15) is 4.79 Å². The molecule has 1 saturated heterocycles. The smallest absolute Gasteiger partial charge is 0.333 e. The summed E-state index contributed by atoms with van der Waals surface area (Å²) in [5.74, 6) is -0.282. The summed E-state index contributed by atoms with van der Waals surface area (Å²) < 4.78 is 10.0. The number of hydrogen-bond donors (Lipinski definition) is 0. The summed E-state index contributed by atoms with van der Waals surface area (Å²) in [7, 11) is 0. The summed E-state index contributed by atoms with van der Waals surface area (Å²) in [5.41, 5.74) is 0.469. The summed E-state index contributed by atoms with van der Waals surface area (Å²) >= 11 is 0. The van der Waals surface area contributed by atoms with Crippen molar-refractivity contribution in [2.45, 2.75) is 38.7 Å². The Kier molecular flexibility index (Phi) is 4.66. The lowest BCUT2D eigenvalue weighted by Gasteiger charge is -2.03. The SMILES string of the molecule is C=C(C)C(=O)OCCCCCC1CO1. The van der Waals surface area contributed by atoms with E-state index in [1.165, 1.54) is 0 Å². The number of carbonyl (C=O) groups is 1. The molecule has 1 atom stereocenters. The molecule has 1 aliphatic heterocycles. The Morgan fingerprint density at radius 3 is 2.79 bits per heavy atom. The number of hydrogen-bond acceptors (Lipinski definition) is 3. The molecule has 0 N–H and O–H groups in total. The van der Waals surface area contributed by atoms with Gasteiger partial charge in [-0.2, -0.15) is 0 Å². The van der Waals surface area contributed by atoms with Crippen LogP contribution in [0.25, 0.3) is 0 Å². The Balaban J connectivity index is 1.83. The largest absolute Gasteiger partial charge is 0.462 e. The molecule has 14 heavy (non-hydrogen) atoms. The van der Waals surface area contributed by atoms with E-state index in [-0.39, 0.29) is 5.97 Å². The molecule has 0 aromatic heterocycles. The second kappa shape index (κ2) is 5.81. The third-order valence-electron chi connectivity index (χ3n) is 2.15. The van der Waals surface area contributed by atoms with Crippen LogP contribution in [-0.4, -0.2) is 25.3 Å². The molecule has 80 valence electrons. The van der Waals surface area contributed by atoms with E-state index in [4.69, 9.17) is 9.47 Å². The summed E-state index contributed by atoms with van der Waals surface area (Å²) in [6.07, 6.45) is 4.87. The fraction of sp³-hybridized carbons (Fsp3) is 0.727. The van der Waals surface area contributed by atoms with Crippen LogP contribution in [0.1, 0.15) is 32.6 Å². The second-order valence-corrected chi connectivity index (χ2v) is 3.72. The number of carbonyl (C=O) groups excluding carboxylic acids is 1. The number of rotatable bonds is 7. The Labute approximate surface area is 85.1 Å². The standard InChI is InChI=1S/C11H18O3/c1-9(2)11(12)13-7-5-3-4-6-10-8-14-10/h10H,1,3-8H2,2H3.